The van der Waals surface area contributed by atoms with Crippen LogP contribution in [0.5, 0.6) is 0 Å². The number of hydrogen-bond donors (Lipinski definition) is 2. The minimum Gasteiger partial charge on any atom is -0.475 e. The number of nitrogens with zero attached hydrogens (tertiary/aromatic N) is 2. The van der Waals surface area contributed by atoms with Crippen LogP contribution in [0, 0.1) is 0 Å². The largest absolute Gasteiger partial charge is 0.475 e. The van der Waals surface area contributed by atoms with Gasteiger partial charge in [-0.2, -0.15) is 0 Å². The van der Waals surface area contributed by atoms with E-state index in [2.05, 4.69) is 10.4 Å². The molecule has 0 bridgehead atoms. The lowest BCUT2D eigenvalue weighted by Crippen LogP contribution is -2.41. The Bertz CT molecular complexity index is 837. The second-order valence-corrected chi connectivity index (χ2v) is 6.20. The maximum atomic E-state index is 12.3. The molecule has 146 valence electrons. The van der Waals surface area contributed by atoms with E-state index in [0.29, 0.717) is 24.6 Å². The molecule has 0 radical (unpaired) electrons. The van der Waals surface area contributed by atoms with Crippen LogP contribution >= 0.6 is 0 Å². The number of ether oxygens (including phenoxy) is 2. The summed E-state index contributed by atoms with van der Waals surface area (Å²) in [5.74, 6) is 5.23. The maximum Gasteiger partial charge on any atom is 0.410 e. The highest BCUT2D eigenvalue weighted by Crippen LogP contribution is 2.09. The Kier molecular flexibility index (Phi) is 6.59. The van der Waals surface area contributed by atoms with Crippen molar-refractivity contribution in [3.63, 3.8) is 0 Å². The normalized spacial score (nSPS) is 13.5. The van der Waals surface area contributed by atoms with Crippen molar-refractivity contribution in [2.45, 2.75) is 13.2 Å². The van der Waals surface area contributed by atoms with Crippen LogP contribution in [0.25, 0.3) is 0 Å². The number of hydrazine groups is 1. The predicted molar refractivity (Wildman–Crippen MR) is 103 cm³/mol. The van der Waals surface area contributed by atoms with Crippen molar-refractivity contribution < 1.29 is 19.1 Å². The molecule has 8 nitrogen and oxygen atoms in total. The van der Waals surface area contributed by atoms with E-state index < -0.39 is 6.09 Å². The highest BCUT2D eigenvalue weighted by molar-refractivity contribution is 5.93. The van der Waals surface area contributed by atoms with Gasteiger partial charge in [-0.05, 0) is 23.3 Å². The number of hydrogen-bond acceptors (Lipinski definition) is 6. The number of amides is 2. The average molecular weight is 382 g/mol. The number of nitrogens with one attached hydrogen (secondary N) is 1. The van der Waals surface area contributed by atoms with Gasteiger partial charge in [0.1, 0.15) is 13.2 Å². The Morgan fingerprint density at radius 3 is 2.46 bits per heavy atom. The van der Waals surface area contributed by atoms with Gasteiger partial charge in [0.05, 0.1) is 13.1 Å². The van der Waals surface area contributed by atoms with E-state index in [1.54, 1.807) is 29.2 Å². The molecule has 1 aliphatic heterocycles. The molecular formula is C20H22N4O4. The van der Waals surface area contributed by atoms with Gasteiger partial charge >= 0.3 is 6.09 Å². The lowest BCUT2D eigenvalue weighted by molar-refractivity contribution is 0.0952. The molecule has 3 rings (SSSR count). The third-order valence-electron chi connectivity index (χ3n) is 4.20. The second kappa shape index (κ2) is 9.52. The molecule has 2 aromatic rings. The molecule has 28 heavy (non-hydrogen) atoms. The highest BCUT2D eigenvalue weighted by Gasteiger charge is 2.21. The number of carbonyl (C=O) groups is 2. The molecule has 1 aliphatic rings. The molecule has 0 unspecified atom stereocenters. The van der Waals surface area contributed by atoms with Crippen LogP contribution in [-0.2, 0) is 22.7 Å². The first-order valence-corrected chi connectivity index (χ1v) is 8.87. The van der Waals surface area contributed by atoms with Crippen molar-refractivity contribution in [2.75, 3.05) is 19.6 Å². The van der Waals surface area contributed by atoms with Crippen molar-refractivity contribution >= 4 is 17.9 Å². The molecule has 0 aliphatic carbocycles. The predicted octanol–water partition coefficient (Wildman–Crippen LogP) is 1.86. The number of nitrogens with two attached hydrogens (primary N) is 1. The summed E-state index contributed by atoms with van der Waals surface area (Å²) in [6.45, 7) is 1.73. The Labute approximate surface area is 162 Å². The summed E-state index contributed by atoms with van der Waals surface area (Å²) in [7, 11) is 0. The third kappa shape index (κ3) is 5.31. The van der Waals surface area contributed by atoms with E-state index in [4.69, 9.17) is 15.3 Å². The SMILES string of the molecule is NNC(=O)c1ccc(COC2=NCCN(C(=O)OCc3ccccc3)C2)cc1. The van der Waals surface area contributed by atoms with Gasteiger partial charge in [-0.25, -0.2) is 10.6 Å². The number of carbonyl (C=O) groups excluding carboxylic acids is 2. The van der Waals surface area contributed by atoms with E-state index in [9.17, 15) is 9.59 Å². The molecular weight excluding hydrogens is 360 g/mol. The summed E-state index contributed by atoms with van der Waals surface area (Å²) in [5.41, 5.74) is 4.36. The average Bonchev–Trinajstić information content (AvgIpc) is 2.76. The van der Waals surface area contributed by atoms with Gasteiger partial charge in [-0.3, -0.25) is 20.1 Å². The van der Waals surface area contributed by atoms with Crippen LogP contribution in [0.1, 0.15) is 21.5 Å². The number of benzene rings is 2. The van der Waals surface area contributed by atoms with Crippen molar-refractivity contribution in [1.82, 2.24) is 10.3 Å². The summed E-state index contributed by atoms with van der Waals surface area (Å²) < 4.78 is 11.1. The Morgan fingerprint density at radius 1 is 1.04 bits per heavy atom. The van der Waals surface area contributed by atoms with Gasteiger partial charge < -0.3 is 9.47 Å². The Balaban J connectivity index is 1.47. The number of aliphatic imine (C=N–C) groups is 1. The fraction of sp³-hybridized carbons (Fsp3) is 0.250. The van der Waals surface area contributed by atoms with Gasteiger partial charge in [0.2, 0.25) is 5.90 Å². The molecule has 8 heteroatoms. The van der Waals surface area contributed by atoms with E-state index in [1.807, 2.05) is 30.3 Å². The topological polar surface area (TPSA) is 106 Å². The smallest absolute Gasteiger partial charge is 0.410 e. The van der Waals surface area contributed by atoms with Crippen LogP contribution in [0.2, 0.25) is 0 Å². The zero-order valence-electron chi connectivity index (χ0n) is 15.3. The number of rotatable bonds is 5. The van der Waals surface area contributed by atoms with Crippen molar-refractivity contribution in [2.24, 2.45) is 10.8 Å². The molecule has 2 amide bonds. The van der Waals surface area contributed by atoms with Gasteiger partial charge in [0.15, 0.2) is 0 Å². The fourth-order valence-electron chi connectivity index (χ4n) is 2.65. The van der Waals surface area contributed by atoms with Gasteiger partial charge in [-0.1, -0.05) is 42.5 Å². The minimum absolute atomic E-state index is 0.228. The summed E-state index contributed by atoms with van der Waals surface area (Å²) in [5, 5.41) is 0. The lowest BCUT2D eigenvalue weighted by Gasteiger charge is -2.25. The molecule has 0 aromatic heterocycles. The quantitative estimate of drug-likeness (QED) is 0.466. The first-order valence-electron chi connectivity index (χ1n) is 8.87. The van der Waals surface area contributed by atoms with Crippen LogP contribution in [0.15, 0.2) is 59.6 Å². The van der Waals surface area contributed by atoms with Crippen LogP contribution in [0.3, 0.4) is 0 Å². The standard InChI is InChI=1S/C20H22N4O4/c21-23-19(25)17-8-6-16(7-9-17)13-27-18-12-24(11-10-22-18)20(26)28-14-15-4-2-1-3-5-15/h1-9H,10-14,21H2,(H,23,25). The Hall–Kier alpha value is -3.39. The maximum absolute atomic E-state index is 12.3. The Morgan fingerprint density at radius 2 is 1.75 bits per heavy atom. The zero-order chi connectivity index (χ0) is 19.8. The molecule has 0 fully saturated rings. The molecule has 3 N–H and O–H groups in total. The first kappa shape index (κ1) is 19.4. The minimum atomic E-state index is -0.392. The summed E-state index contributed by atoms with van der Waals surface area (Å²) in [6, 6.07) is 16.4. The third-order valence-corrected chi connectivity index (χ3v) is 4.20. The van der Waals surface area contributed by atoms with E-state index in [1.165, 1.54) is 0 Å². The molecule has 0 saturated carbocycles. The molecule has 0 saturated heterocycles. The van der Waals surface area contributed by atoms with Crippen molar-refractivity contribution in [3.05, 3.63) is 71.3 Å². The second-order valence-electron chi connectivity index (χ2n) is 6.20. The van der Waals surface area contributed by atoms with Crippen molar-refractivity contribution in [3.8, 4) is 0 Å². The fourth-order valence-corrected chi connectivity index (χ4v) is 2.65. The summed E-state index contributed by atoms with van der Waals surface area (Å²) >= 11 is 0. The zero-order valence-corrected chi connectivity index (χ0v) is 15.3. The van der Waals surface area contributed by atoms with Crippen LogP contribution in [0.4, 0.5) is 4.79 Å². The van der Waals surface area contributed by atoms with Crippen molar-refractivity contribution in [1.29, 1.82) is 0 Å². The van der Waals surface area contributed by atoms with Gasteiger partial charge in [-0.15, -0.1) is 0 Å². The molecule has 0 spiro atoms. The van der Waals surface area contributed by atoms with Crippen LogP contribution in [-0.4, -0.2) is 42.4 Å². The molecule has 1 heterocycles. The van der Waals surface area contributed by atoms with E-state index in [-0.39, 0.29) is 25.7 Å². The highest BCUT2D eigenvalue weighted by atomic mass is 16.6. The van der Waals surface area contributed by atoms with Gasteiger partial charge in [0.25, 0.3) is 5.91 Å². The van der Waals surface area contributed by atoms with E-state index in [0.717, 1.165) is 11.1 Å². The summed E-state index contributed by atoms with van der Waals surface area (Å²) in [4.78, 5) is 29.6. The molecule has 0 atom stereocenters. The van der Waals surface area contributed by atoms with Gasteiger partial charge in [0, 0.05) is 12.1 Å². The monoisotopic (exact) mass is 382 g/mol. The first-order chi connectivity index (χ1) is 13.7. The summed E-state index contributed by atoms with van der Waals surface area (Å²) in [6.07, 6.45) is -0.392. The molecule has 2 aromatic carbocycles. The van der Waals surface area contributed by atoms with E-state index >= 15 is 0 Å². The number of nitrogen functional groups attached to an aromatic ring is 1. The lowest BCUT2D eigenvalue weighted by atomic mass is 10.1. The van der Waals surface area contributed by atoms with Crippen LogP contribution < -0.4 is 11.3 Å².